The molecule has 0 aliphatic heterocycles. The van der Waals surface area contributed by atoms with Crippen molar-refractivity contribution in [2.75, 3.05) is 13.1 Å². The van der Waals surface area contributed by atoms with Gasteiger partial charge in [0.05, 0.1) is 0 Å². The Labute approximate surface area is 326 Å². The number of nitrogen functional groups attached to an aromatic ring is 1. The number of carbonyl (C=O) groups excluding carboxylic acids is 3. The number of benzene rings is 2. The minimum absolute atomic E-state index is 0.00822. The summed E-state index contributed by atoms with van der Waals surface area (Å²) in [6.45, 7) is 0.771. The molecule has 0 radical (unpaired) electrons. The summed E-state index contributed by atoms with van der Waals surface area (Å²) in [5.41, 5.74) is 19.4. The summed E-state index contributed by atoms with van der Waals surface area (Å²) in [6, 6.07) is 15.9. The largest absolute Gasteiger partial charge is 0.490 e. The number of nitrogens with two attached hydrogens (primary N) is 3. The van der Waals surface area contributed by atoms with Crippen LogP contribution >= 0.6 is 0 Å². The van der Waals surface area contributed by atoms with Crippen LogP contribution in [0.25, 0.3) is 0 Å². The van der Waals surface area contributed by atoms with E-state index in [1.165, 1.54) is 6.42 Å². The third kappa shape index (κ3) is 15.9. The molecule has 2 aliphatic rings. The van der Waals surface area contributed by atoms with E-state index in [0.717, 1.165) is 68.9 Å². The summed E-state index contributed by atoms with van der Waals surface area (Å²) >= 11 is 0. The predicted octanol–water partition coefficient (Wildman–Crippen LogP) is 4.31. The van der Waals surface area contributed by atoms with Crippen molar-refractivity contribution in [1.29, 1.82) is 5.41 Å². The second-order valence-electron chi connectivity index (χ2n) is 14.5. The van der Waals surface area contributed by atoms with E-state index in [1.807, 2.05) is 54.6 Å². The van der Waals surface area contributed by atoms with Crippen molar-refractivity contribution < 1.29 is 37.5 Å². The van der Waals surface area contributed by atoms with E-state index in [1.54, 1.807) is 0 Å². The SMILES string of the molecule is N=C(N)c1ccc(CC(C(=O)N[C@H](C(=O)NC(CCCN=C(N)N)C(=O)NCCc2ccccc2)C2CCCCC2)C2CCCCC2)cc1.O=C(O)C(F)(F)F. The molecule has 13 nitrogen and oxygen atoms in total. The molecule has 4 rings (SSSR count). The minimum Gasteiger partial charge on any atom is -0.475 e. The van der Waals surface area contributed by atoms with Gasteiger partial charge in [-0.15, -0.1) is 0 Å². The number of nitrogens with one attached hydrogen (secondary N) is 4. The third-order valence-electron chi connectivity index (χ3n) is 10.4. The fraction of sp³-hybridized carbons (Fsp3) is 0.550. The van der Waals surface area contributed by atoms with Gasteiger partial charge < -0.3 is 38.3 Å². The Morgan fingerprint density at radius 2 is 1.36 bits per heavy atom. The zero-order valence-electron chi connectivity index (χ0n) is 31.8. The molecule has 2 unspecified atom stereocenters. The highest BCUT2D eigenvalue weighted by molar-refractivity contribution is 5.95. The van der Waals surface area contributed by atoms with Crippen molar-refractivity contribution in [3.8, 4) is 0 Å². The van der Waals surface area contributed by atoms with Gasteiger partial charge in [0, 0.05) is 24.6 Å². The number of aliphatic carboxylic acids is 1. The Kier molecular flexibility index (Phi) is 18.6. The van der Waals surface area contributed by atoms with Crippen molar-refractivity contribution in [3.05, 3.63) is 71.3 Å². The first-order valence-electron chi connectivity index (χ1n) is 19.4. The van der Waals surface area contributed by atoms with Gasteiger partial charge in [-0.25, -0.2) is 4.79 Å². The Morgan fingerprint density at radius 1 is 0.786 bits per heavy atom. The Hall–Kier alpha value is -5.15. The maximum Gasteiger partial charge on any atom is 0.490 e. The van der Waals surface area contributed by atoms with E-state index >= 15 is 0 Å². The number of hydrogen-bond acceptors (Lipinski definition) is 6. The highest BCUT2D eigenvalue weighted by Crippen LogP contribution is 2.33. The number of hydrogen-bond donors (Lipinski definition) is 8. The van der Waals surface area contributed by atoms with Crippen molar-refractivity contribution in [3.63, 3.8) is 0 Å². The molecule has 0 saturated heterocycles. The van der Waals surface area contributed by atoms with Crippen molar-refractivity contribution >= 4 is 35.5 Å². The monoisotopic (exact) mass is 786 g/mol. The molecule has 2 aromatic carbocycles. The van der Waals surface area contributed by atoms with Gasteiger partial charge in [0.2, 0.25) is 17.7 Å². The molecule has 3 atom stereocenters. The number of guanidine groups is 1. The lowest BCUT2D eigenvalue weighted by Gasteiger charge is -2.34. The van der Waals surface area contributed by atoms with E-state index in [0.29, 0.717) is 44.3 Å². The van der Waals surface area contributed by atoms with Gasteiger partial charge >= 0.3 is 12.1 Å². The predicted molar refractivity (Wildman–Crippen MR) is 208 cm³/mol. The molecule has 0 heterocycles. The number of amides is 3. The topological polar surface area (TPSA) is 239 Å². The van der Waals surface area contributed by atoms with Gasteiger partial charge in [-0.2, -0.15) is 13.2 Å². The number of halogens is 3. The van der Waals surface area contributed by atoms with Gasteiger partial charge in [-0.05, 0) is 74.3 Å². The Balaban J connectivity index is 0.00000109. The first-order valence-corrected chi connectivity index (χ1v) is 19.4. The van der Waals surface area contributed by atoms with E-state index in [4.69, 9.17) is 32.5 Å². The number of nitrogens with zero attached hydrogens (tertiary/aromatic N) is 1. The molecule has 2 aromatic rings. The zero-order chi connectivity index (χ0) is 41.1. The molecule has 16 heteroatoms. The second kappa shape index (κ2) is 23.0. The standard InChI is InChI=1S/C38H56N8O3.C2HF3O2/c39-34(40)30-20-18-27(19-21-30)25-31(28-13-6-2-7-14-28)35(47)46-33(29-15-8-3-9-16-29)37(49)45-32(17-10-23-44-38(41)42)36(48)43-24-22-26-11-4-1-5-12-26;3-2(4,5)1(6)7/h1,4-5,11-12,18-21,28-29,31-33H,2-3,6-10,13-17,22-25H2,(H3,39,40)(H,43,48)(H,45,49)(H,46,47)(H4,41,42,44);(H,6,7)/t31?,32?,33-;/m0./s1. The number of carboxylic acid groups (broad SMARTS) is 1. The molecule has 2 aliphatic carbocycles. The lowest BCUT2D eigenvalue weighted by molar-refractivity contribution is -0.192. The van der Waals surface area contributed by atoms with Gasteiger partial charge in [-0.1, -0.05) is 93.1 Å². The van der Waals surface area contributed by atoms with Gasteiger partial charge in [-0.3, -0.25) is 24.8 Å². The fourth-order valence-corrected chi connectivity index (χ4v) is 7.34. The average Bonchev–Trinajstić information content (AvgIpc) is 3.18. The van der Waals surface area contributed by atoms with Crippen LogP contribution in [0.1, 0.15) is 93.7 Å². The minimum atomic E-state index is -5.08. The highest BCUT2D eigenvalue weighted by Gasteiger charge is 2.39. The quantitative estimate of drug-likeness (QED) is 0.0652. The molecule has 308 valence electrons. The maximum atomic E-state index is 14.3. The van der Waals surface area contributed by atoms with Crippen molar-refractivity contribution in [2.45, 2.75) is 108 Å². The van der Waals surface area contributed by atoms with Gasteiger partial charge in [0.1, 0.15) is 17.9 Å². The molecule has 0 aromatic heterocycles. The van der Waals surface area contributed by atoms with Crippen LogP contribution < -0.4 is 33.2 Å². The molecule has 2 fully saturated rings. The molecule has 0 spiro atoms. The number of carbonyl (C=O) groups is 4. The number of alkyl halides is 3. The number of aliphatic imine (C=N–C) groups is 1. The van der Waals surface area contributed by atoms with Crippen LogP contribution in [0.4, 0.5) is 13.2 Å². The lowest BCUT2D eigenvalue weighted by Crippen LogP contribution is -2.57. The Morgan fingerprint density at radius 3 is 1.89 bits per heavy atom. The molecule has 2 saturated carbocycles. The highest BCUT2D eigenvalue weighted by atomic mass is 19.4. The average molecular weight is 787 g/mol. The van der Waals surface area contributed by atoms with Crippen LogP contribution in [0.3, 0.4) is 0 Å². The first kappa shape index (κ1) is 45.2. The fourth-order valence-electron chi connectivity index (χ4n) is 7.34. The molecular weight excluding hydrogens is 729 g/mol. The summed E-state index contributed by atoms with van der Waals surface area (Å²) < 4.78 is 31.7. The van der Waals surface area contributed by atoms with Crippen LogP contribution in [0, 0.1) is 23.2 Å². The van der Waals surface area contributed by atoms with Gasteiger partial charge in [0.15, 0.2) is 5.96 Å². The first-order chi connectivity index (χ1) is 26.6. The van der Waals surface area contributed by atoms with Crippen LogP contribution in [0.5, 0.6) is 0 Å². The summed E-state index contributed by atoms with van der Waals surface area (Å²) in [6.07, 6.45) is 7.09. The number of rotatable bonds is 17. The molecule has 11 N–H and O–H groups in total. The number of carboxylic acids is 1. The van der Waals surface area contributed by atoms with Gasteiger partial charge in [0.25, 0.3) is 0 Å². The molecule has 3 amide bonds. The van der Waals surface area contributed by atoms with Crippen LogP contribution in [0.15, 0.2) is 59.6 Å². The summed E-state index contributed by atoms with van der Waals surface area (Å²) in [5, 5.41) is 24.1. The smallest absolute Gasteiger partial charge is 0.475 e. The summed E-state index contributed by atoms with van der Waals surface area (Å²) in [7, 11) is 0. The normalized spacial score (nSPS) is 16.5. The Bertz CT molecular complexity index is 1590. The summed E-state index contributed by atoms with van der Waals surface area (Å²) in [5.74, 6) is -3.55. The maximum absolute atomic E-state index is 14.3. The third-order valence-corrected chi connectivity index (χ3v) is 10.4. The molecule has 56 heavy (non-hydrogen) atoms. The second-order valence-corrected chi connectivity index (χ2v) is 14.5. The van der Waals surface area contributed by atoms with Crippen LogP contribution in [-0.2, 0) is 32.0 Å². The van der Waals surface area contributed by atoms with Crippen molar-refractivity contribution in [1.82, 2.24) is 16.0 Å². The van der Waals surface area contributed by atoms with E-state index < -0.39 is 24.2 Å². The van der Waals surface area contributed by atoms with E-state index in [9.17, 15) is 27.6 Å². The number of amidine groups is 1. The molecule has 0 bridgehead atoms. The zero-order valence-corrected chi connectivity index (χ0v) is 31.8. The van der Waals surface area contributed by atoms with Crippen LogP contribution in [0.2, 0.25) is 0 Å². The summed E-state index contributed by atoms with van der Waals surface area (Å²) in [4.78, 5) is 54.9. The van der Waals surface area contributed by atoms with Crippen LogP contribution in [-0.4, -0.2) is 71.9 Å². The van der Waals surface area contributed by atoms with Crippen molar-refractivity contribution in [2.24, 2.45) is 39.9 Å². The van der Waals surface area contributed by atoms with E-state index in [-0.39, 0.29) is 47.3 Å². The van der Waals surface area contributed by atoms with E-state index in [2.05, 4.69) is 20.9 Å². The lowest BCUT2D eigenvalue weighted by atomic mass is 9.76. The molecular formula is C40H57F3N8O5.